The van der Waals surface area contributed by atoms with E-state index in [4.69, 9.17) is 10.6 Å². The summed E-state index contributed by atoms with van der Waals surface area (Å²) in [5, 5.41) is 10.9. The van der Waals surface area contributed by atoms with Gasteiger partial charge in [0.05, 0.1) is 11.0 Å². The van der Waals surface area contributed by atoms with Gasteiger partial charge in [0.2, 0.25) is 0 Å². The first-order chi connectivity index (χ1) is 7.72. The molecule has 1 saturated carbocycles. The van der Waals surface area contributed by atoms with Crippen molar-refractivity contribution in [3.63, 3.8) is 0 Å². The summed E-state index contributed by atoms with van der Waals surface area (Å²) in [6.45, 7) is 0. The molecule has 0 unspecified atom stereocenters. The molecule has 0 radical (unpaired) electrons. The molecule has 1 fully saturated rings. The summed E-state index contributed by atoms with van der Waals surface area (Å²) in [4.78, 5) is 10.4. The molecule has 0 aliphatic heterocycles. The molecular weight excluding hydrogens is 210 g/mol. The number of nitrogen functional groups attached to an aromatic ring is 1. The minimum atomic E-state index is -0.483. The normalized spacial score (nSPS) is 15.3. The Balaban J connectivity index is 2.30. The summed E-state index contributed by atoms with van der Waals surface area (Å²) in [6.07, 6.45) is 3.13. The third-order valence-corrected chi connectivity index (χ3v) is 2.68. The van der Waals surface area contributed by atoms with E-state index in [-0.39, 0.29) is 23.2 Å². The molecule has 1 aromatic rings. The van der Waals surface area contributed by atoms with Crippen LogP contribution in [0.25, 0.3) is 0 Å². The van der Waals surface area contributed by atoms with E-state index in [9.17, 15) is 10.1 Å². The number of rotatable bonds is 4. The Kier molecular flexibility index (Phi) is 2.91. The second-order valence-corrected chi connectivity index (χ2v) is 3.72. The molecule has 0 aromatic heterocycles. The van der Waals surface area contributed by atoms with Gasteiger partial charge in [-0.05, 0) is 31.4 Å². The van der Waals surface area contributed by atoms with Crippen molar-refractivity contribution in [1.82, 2.24) is 0 Å². The van der Waals surface area contributed by atoms with Crippen molar-refractivity contribution < 1.29 is 9.66 Å². The fourth-order valence-corrected chi connectivity index (χ4v) is 1.59. The number of hydrogen-bond donors (Lipinski definition) is 2. The van der Waals surface area contributed by atoms with Crippen LogP contribution in [-0.2, 0) is 0 Å². The molecule has 86 valence electrons. The lowest BCUT2D eigenvalue weighted by molar-refractivity contribution is -0.385. The van der Waals surface area contributed by atoms with E-state index in [1.54, 1.807) is 18.2 Å². The molecule has 6 nitrogen and oxygen atoms in total. The molecule has 6 heteroatoms. The van der Waals surface area contributed by atoms with Crippen LogP contribution in [-0.4, -0.2) is 11.0 Å². The van der Waals surface area contributed by atoms with Crippen molar-refractivity contribution in [3.05, 3.63) is 28.3 Å². The van der Waals surface area contributed by atoms with Gasteiger partial charge >= 0.3 is 5.69 Å². The highest BCUT2D eigenvalue weighted by atomic mass is 16.6. The van der Waals surface area contributed by atoms with Crippen molar-refractivity contribution in [3.8, 4) is 5.75 Å². The van der Waals surface area contributed by atoms with Crippen molar-refractivity contribution in [1.29, 1.82) is 0 Å². The quantitative estimate of drug-likeness (QED) is 0.461. The fourth-order valence-electron chi connectivity index (χ4n) is 1.59. The zero-order valence-electron chi connectivity index (χ0n) is 8.68. The summed E-state index contributed by atoms with van der Waals surface area (Å²) >= 11 is 0. The van der Waals surface area contributed by atoms with E-state index in [0.717, 1.165) is 19.3 Å². The average molecular weight is 223 g/mol. The molecule has 0 saturated heterocycles. The second kappa shape index (κ2) is 4.36. The number of anilines is 1. The van der Waals surface area contributed by atoms with Crippen molar-refractivity contribution in [2.24, 2.45) is 5.84 Å². The van der Waals surface area contributed by atoms with Crippen LogP contribution in [0, 0.1) is 10.1 Å². The van der Waals surface area contributed by atoms with Crippen LogP contribution in [0.4, 0.5) is 11.4 Å². The molecule has 0 spiro atoms. The number of nitrogens with one attached hydrogen (secondary N) is 1. The highest BCUT2D eigenvalue weighted by Crippen LogP contribution is 2.36. The SMILES string of the molecule is NNc1cccc(OC2CCC2)c1[N+](=O)[O-]. The molecule has 3 N–H and O–H groups in total. The summed E-state index contributed by atoms with van der Waals surface area (Å²) in [7, 11) is 0. The molecule has 0 bridgehead atoms. The van der Waals surface area contributed by atoms with Crippen LogP contribution in [0.5, 0.6) is 5.75 Å². The van der Waals surface area contributed by atoms with Gasteiger partial charge in [-0.3, -0.25) is 16.0 Å². The van der Waals surface area contributed by atoms with Gasteiger partial charge in [-0.2, -0.15) is 0 Å². The van der Waals surface area contributed by atoms with Crippen LogP contribution >= 0.6 is 0 Å². The highest BCUT2D eigenvalue weighted by Gasteiger charge is 2.25. The third-order valence-electron chi connectivity index (χ3n) is 2.68. The maximum Gasteiger partial charge on any atom is 0.335 e. The fraction of sp³-hybridized carbons (Fsp3) is 0.400. The zero-order valence-corrected chi connectivity index (χ0v) is 8.68. The molecule has 1 aromatic carbocycles. The minimum absolute atomic E-state index is 0.100. The first kappa shape index (κ1) is 10.7. The zero-order chi connectivity index (χ0) is 11.5. The maximum absolute atomic E-state index is 10.9. The molecule has 1 aliphatic rings. The smallest absolute Gasteiger partial charge is 0.335 e. The Labute approximate surface area is 92.5 Å². The van der Waals surface area contributed by atoms with Crippen molar-refractivity contribution in [2.75, 3.05) is 5.43 Å². The first-order valence-electron chi connectivity index (χ1n) is 5.13. The lowest BCUT2D eigenvalue weighted by atomic mass is 9.96. The number of nitrogens with two attached hydrogens (primary N) is 1. The lowest BCUT2D eigenvalue weighted by Gasteiger charge is -2.26. The molecule has 2 rings (SSSR count). The number of nitro benzene ring substituents is 1. The van der Waals surface area contributed by atoms with Gasteiger partial charge in [-0.1, -0.05) is 6.07 Å². The predicted octanol–water partition coefficient (Wildman–Crippen LogP) is 1.81. The van der Waals surface area contributed by atoms with Gasteiger partial charge < -0.3 is 10.2 Å². The molecule has 0 heterocycles. The Morgan fingerprint density at radius 2 is 2.25 bits per heavy atom. The van der Waals surface area contributed by atoms with Gasteiger partial charge in [0.25, 0.3) is 0 Å². The van der Waals surface area contributed by atoms with Crippen LogP contribution in [0.3, 0.4) is 0 Å². The topological polar surface area (TPSA) is 90.4 Å². The van der Waals surface area contributed by atoms with E-state index < -0.39 is 4.92 Å². The Morgan fingerprint density at radius 3 is 2.75 bits per heavy atom. The Hall–Kier alpha value is -1.82. The maximum atomic E-state index is 10.9. The van der Waals surface area contributed by atoms with Crippen LogP contribution in [0.1, 0.15) is 19.3 Å². The van der Waals surface area contributed by atoms with Gasteiger partial charge in [-0.15, -0.1) is 0 Å². The van der Waals surface area contributed by atoms with E-state index in [1.807, 2.05) is 0 Å². The molecule has 1 aliphatic carbocycles. The van der Waals surface area contributed by atoms with Gasteiger partial charge in [0, 0.05) is 0 Å². The summed E-state index contributed by atoms with van der Waals surface area (Å²) in [5.74, 6) is 5.51. The number of nitrogens with zero attached hydrogens (tertiary/aromatic N) is 1. The number of nitro groups is 1. The number of hydrogen-bond acceptors (Lipinski definition) is 5. The van der Waals surface area contributed by atoms with Crippen LogP contribution in [0.15, 0.2) is 18.2 Å². The standard InChI is InChI=1S/C10H13N3O3/c11-12-8-5-2-6-9(10(8)13(14)15)16-7-3-1-4-7/h2,5-7,12H,1,3-4,11H2. The van der Waals surface area contributed by atoms with Gasteiger partial charge in [0.1, 0.15) is 5.69 Å². The first-order valence-corrected chi connectivity index (χ1v) is 5.13. The van der Waals surface area contributed by atoms with E-state index in [2.05, 4.69) is 5.43 Å². The second-order valence-electron chi connectivity index (χ2n) is 3.72. The number of hydrazine groups is 1. The predicted molar refractivity (Wildman–Crippen MR) is 59.2 cm³/mol. The largest absolute Gasteiger partial charge is 0.483 e. The Bertz CT molecular complexity index is 404. The van der Waals surface area contributed by atoms with Crippen molar-refractivity contribution >= 4 is 11.4 Å². The molecule has 0 atom stereocenters. The van der Waals surface area contributed by atoms with Crippen LogP contribution < -0.4 is 16.0 Å². The van der Waals surface area contributed by atoms with E-state index in [0.29, 0.717) is 0 Å². The average Bonchev–Trinajstić information content (AvgIpc) is 2.22. The van der Waals surface area contributed by atoms with Gasteiger partial charge in [0.15, 0.2) is 5.75 Å². The van der Waals surface area contributed by atoms with Gasteiger partial charge in [-0.25, -0.2) is 0 Å². The Morgan fingerprint density at radius 1 is 1.50 bits per heavy atom. The summed E-state index contributed by atoms with van der Waals surface area (Å²) in [6, 6.07) is 4.82. The number of benzene rings is 1. The molecule has 0 amide bonds. The monoisotopic (exact) mass is 223 g/mol. The number of para-hydroxylation sites is 1. The number of ether oxygens (including phenoxy) is 1. The summed E-state index contributed by atoms with van der Waals surface area (Å²) < 4.78 is 5.55. The molecular formula is C10H13N3O3. The minimum Gasteiger partial charge on any atom is -0.483 e. The van der Waals surface area contributed by atoms with E-state index >= 15 is 0 Å². The highest BCUT2D eigenvalue weighted by molar-refractivity contribution is 5.67. The van der Waals surface area contributed by atoms with E-state index in [1.165, 1.54) is 0 Å². The summed E-state index contributed by atoms with van der Waals surface area (Å²) in [5.41, 5.74) is 2.47. The third kappa shape index (κ3) is 1.92. The van der Waals surface area contributed by atoms with Crippen LogP contribution in [0.2, 0.25) is 0 Å². The molecule has 16 heavy (non-hydrogen) atoms. The lowest BCUT2D eigenvalue weighted by Crippen LogP contribution is -2.25. The van der Waals surface area contributed by atoms with Crippen molar-refractivity contribution in [2.45, 2.75) is 25.4 Å².